The number of imidazole rings is 1. The van der Waals surface area contributed by atoms with Crippen LogP contribution in [-0.2, 0) is 19.5 Å². The highest BCUT2D eigenvalue weighted by molar-refractivity contribution is 5.22. The van der Waals surface area contributed by atoms with Gasteiger partial charge in [0.05, 0.1) is 5.69 Å². The first kappa shape index (κ1) is 10.3. The summed E-state index contributed by atoms with van der Waals surface area (Å²) in [5.41, 5.74) is 2.81. The zero-order chi connectivity index (χ0) is 11.1. The zero-order valence-corrected chi connectivity index (χ0v) is 10.3. The minimum absolute atomic E-state index is 0.546. The molecule has 3 heteroatoms. The van der Waals surface area contributed by atoms with Crippen molar-refractivity contribution in [2.45, 2.75) is 52.1 Å². The van der Waals surface area contributed by atoms with Crippen LogP contribution < -0.4 is 5.32 Å². The summed E-state index contributed by atoms with van der Waals surface area (Å²) in [6.07, 6.45) is 3.99. The predicted molar refractivity (Wildman–Crippen MR) is 64.5 cm³/mol. The van der Waals surface area contributed by atoms with Crippen LogP contribution in [0.25, 0.3) is 0 Å². The van der Waals surface area contributed by atoms with Gasteiger partial charge in [-0.1, -0.05) is 13.8 Å². The molecule has 3 rings (SSSR count). The van der Waals surface area contributed by atoms with E-state index >= 15 is 0 Å². The van der Waals surface area contributed by atoms with E-state index in [1.54, 1.807) is 0 Å². The first-order valence-electron chi connectivity index (χ1n) is 6.54. The third-order valence-corrected chi connectivity index (χ3v) is 3.67. The highest BCUT2D eigenvalue weighted by atomic mass is 15.1. The average Bonchev–Trinajstić information content (AvgIpc) is 3.00. The first-order valence-corrected chi connectivity index (χ1v) is 6.54. The lowest BCUT2D eigenvalue weighted by Crippen LogP contribution is -2.25. The molecule has 0 spiro atoms. The molecule has 3 nitrogen and oxygen atoms in total. The summed E-state index contributed by atoms with van der Waals surface area (Å²) in [5, 5.41) is 3.41. The number of aromatic nitrogens is 2. The molecule has 0 atom stereocenters. The van der Waals surface area contributed by atoms with Crippen molar-refractivity contribution >= 4 is 0 Å². The molecular weight excluding hydrogens is 198 g/mol. The van der Waals surface area contributed by atoms with Crippen LogP contribution in [0.4, 0.5) is 0 Å². The highest BCUT2D eigenvalue weighted by Gasteiger charge is 2.27. The van der Waals surface area contributed by atoms with E-state index in [2.05, 4.69) is 23.7 Å². The fraction of sp³-hybridized carbons (Fsp3) is 0.769. The third-order valence-electron chi connectivity index (χ3n) is 3.67. The molecule has 0 saturated heterocycles. The van der Waals surface area contributed by atoms with E-state index in [-0.39, 0.29) is 0 Å². The lowest BCUT2D eigenvalue weighted by molar-refractivity contribution is 0.538. The quantitative estimate of drug-likeness (QED) is 0.843. The van der Waals surface area contributed by atoms with Crippen molar-refractivity contribution in [3.63, 3.8) is 0 Å². The Bertz CT molecular complexity index is 388. The molecule has 88 valence electrons. The van der Waals surface area contributed by atoms with E-state index in [1.165, 1.54) is 36.6 Å². The van der Waals surface area contributed by atoms with E-state index in [0.29, 0.717) is 5.92 Å². The van der Waals surface area contributed by atoms with E-state index in [4.69, 9.17) is 4.98 Å². The average molecular weight is 219 g/mol. The van der Waals surface area contributed by atoms with E-state index in [9.17, 15) is 0 Å². The Hall–Kier alpha value is -0.830. The number of fused-ring (bicyclic) bond motifs is 1. The molecule has 0 unspecified atom stereocenters. The van der Waals surface area contributed by atoms with Crippen molar-refractivity contribution in [3.05, 3.63) is 17.2 Å². The minimum atomic E-state index is 0.546. The second-order valence-electron chi connectivity index (χ2n) is 5.50. The molecule has 1 N–H and O–H groups in total. The second kappa shape index (κ2) is 3.88. The van der Waals surface area contributed by atoms with Gasteiger partial charge in [-0.25, -0.2) is 4.98 Å². The van der Waals surface area contributed by atoms with Gasteiger partial charge in [0.15, 0.2) is 0 Å². The number of rotatable bonds is 3. The van der Waals surface area contributed by atoms with Gasteiger partial charge >= 0.3 is 0 Å². The predicted octanol–water partition coefficient (Wildman–Crippen LogP) is 2.06. The van der Waals surface area contributed by atoms with Crippen LogP contribution >= 0.6 is 0 Å². The van der Waals surface area contributed by atoms with Crippen molar-refractivity contribution < 1.29 is 0 Å². The van der Waals surface area contributed by atoms with Crippen LogP contribution in [0.1, 0.15) is 49.8 Å². The standard InChI is InChI=1S/C13H21N3/c1-9(2)13-15-11-7-14-6-5-12(11)16(13)8-10-3-4-10/h9-10,14H,3-8H2,1-2H3. The van der Waals surface area contributed by atoms with Gasteiger partial charge in [0.1, 0.15) is 5.82 Å². The molecule has 1 aliphatic carbocycles. The number of nitrogens with zero attached hydrogens (tertiary/aromatic N) is 2. The van der Waals surface area contributed by atoms with Gasteiger partial charge in [-0.05, 0) is 18.8 Å². The van der Waals surface area contributed by atoms with Gasteiger partial charge < -0.3 is 9.88 Å². The summed E-state index contributed by atoms with van der Waals surface area (Å²) in [4.78, 5) is 4.83. The van der Waals surface area contributed by atoms with E-state index in [1.807, 2.05) is 0 Å². The lowest BCUT2D eigenvalue weighted by Gasteiger charge is -2.16. The van der Waals surface area contributed by atoms with Gasteiger partial charge in [0, 0.05) is 37.7 Å². The molecule has 2 heterocycles. The fourth-order valence-corrected chi connectivity index (χ4v) is 2.59. The summed E-state index contributed by atoms with van der Waals surface area (Å²) in [6.45, 7) is 7.80. The molecule has 1 saturated carbocycles. The van der Waals surface area contributed by atoms with Gasteiger partial charge in [0.25, 0.3) is 0 Å². The van der Waals surface area contributed by atoms with Crippen molar-refractivity contribution in [2.24, 2.45) is 5.92 Å². The molecule has 16 heavy (non-hydrogen) atoms. The summed E-state index contributed by atoms with van der Waals surface area (Å²) < 4.78 is 2.53. The fourth-order valence-electron chi connectivity index (χ4n) is 2.59. The number of nitrogens with one attached hydrogen (secondary N) is 1. The molecule has 0 bridgehead atoms. The molecule has 1 aliphatic heterocycles. The second-order valence-corrected chi connectivity index (χ2v) is 5.50. The maximum absolute atomic E-state index is 4.83. The number of hydrogen-bond donors (Lipinski definition) is 1. The molecule has 1 aromatic rings. The SMILES string of the molecule is CC(C)c1nc2c(n1CC1CC1)CCNC2. The van der Waals surface area contributed by atoms with Crippen LogP contribution in [0.5, 0.6) is 0 Å². The van der Waals surface area contributed by atoms with E-state index < -0.39 is 0 Å². The molecule has 1 aromatic heterocycles. The summed E-state index contributed by atoms with van der Waals surface area (Å²) in [6, 6.07) is 0. The van der Waals surface area contributed by atoms with Crippen molar-refractivity contribution in [1.82, 2.24) is 14.9 Å². The van der Waals surface area contributed by atoms with Crippen LogP contribution in [0.15, 0.2) is 0 Å². The Balaban J connectivity index is 1.98. The summed E-state index contributed by atoms with van der Waals surface area (Å²) >= 11 is 0. The normalized spacial score (nSPS) is 20.2. The Morgan fingerprint density at radius 3 is 2.94 bits per heavy atom. The third kappa shape index (κ3) is 1.77. The van der Waals surface area contributed by atoms with Crippen molar-refractivity contribution in [2.75, 3.05) is 6.54 Å². The Morgan fingerprint density at radius 2 is 2.25 bits per heavy atom. The van der Waals surface area contributed by atoms with Gasteiger partial charge in [0.2, 0.25) is 0 Å². The maximum atomic E-state index is 4.83. The van der Waals surface area contributed by atoms with Crippen LogP contribution in [0, 0.1) is 5.92 Å². The zero-order valence-electron chi connectivity index (χ0n) is 10.3. The van der Waals surface area contributed by atoms with Crippen LogP contribution in [0.2, 0.25) is 0 Å². The van der Waals surface area contributed by atoms with Crippen LogP contribution in [-0.4, -0.2) is 16.1 Å². The topological polar surface area (TPSA) is 29.9 Å². The number of hydrogen-bond acceptors (Lipinski definition) is 2. The first-order chi connectivity index (χ1) is 7.75. The van der Waals surface area contributed by atoms with Gasteiger partial charge in [-0.3, -0.25) is 0 Å². The molecule has 1 fully saturated rings. The molecule has 0 amide bonds. The van der Waals surface area contributed by atoms with Gasteiger partial charge in [-0.2, -0.15) is 0 Å². The molecule has 2 aliphatic rings. The Kier molecular flexibility index (Phi) is 2.51. The highest BCUT2D eigenvalue weighted by Crippen LogP contribution is 2.33. The van der Waals surface area contributed by atoms with E-state index in [0.717, 1.165) is 25.4 Å². The molecule has 0 aromatic carbocycles. The summed E-state index contributed by atoms with van der Waals surface area (Å²) in [5.74, 6) is 2.79. The Labute approximate surface area is 97.3 Å². The van der Waals surface area contributed by atoms with Crippen molar-refractivity contribution in [3.8, 4) is 0 Å². The van der Waals surface area contributed by atoms with Gasteiger partial charge in [-0.15, -0.1) is 0 Å². The largest absolute Gasteiger partial charge is 0.331 e. The molecule has 0 radical (unpaired) electrons. The lowest BCUT2D eigenvalue weighted by atomic mass is 10.1. The van der Waals surface area contributed by atoms with Crippen molar-refractivity contribution in [1.29, 1.82) is 0 Å². The maximum Gasteiger partial charge on any atom is 0.111 e. The molecular formula is C13H21N3. The minimum Gasteiger partial charge on any atom is -0.331 e. The Morgan fingerprint density at radius 1 is 1.44 bits per heavy atom. The summed E-state index contributed by atoms with van der Waals surface area (Å²) in [7, 11) is 0. The smallest absolute Gasteiger partial charge is 0.111 e. The van der Waals surface area contributed by atoms with Crippen LogP contribution in [0.3, 0.4) is 0 Å². The monoisotopic (exact) mass is 219 g/mol.